The van der Waals surface area contributed by atoms with Crippen LogP contribution in [-0.2, 0) is 15.5 Å². The van der Waals surface area contributed by atoms with Gasteiger partial charge in [0.25, 0.3) is 0 Å². The van der Waals surface area contributed by atoms with E-state index in [1.165, 1.54) is 0 Å². The summed E-state index contributed by atoms with van der Waals surface area (Å²) in [5.41, 5.74) is 1.96. The van der Waals surface area contributed by atoms with Crippen LogP contribution in [0.4, 0.5) is 0 Å². The average molecular weight is 281 g/mol. The predicted octanol–water partition coefficient (Wildman–Crippen LogP) is 3.57. The SMILES string of the molecule is CC(C)c1ccc(CCS(=O)(=O)Cl)cc1Cl. The number of benzene rings is 1. The number of hydrogen-bond donors (Lipinski definition) is 0. The van der Waals surface area contributed by atoms with E-state index in [4.69, 9.17) is 22.3 Å². The summed E-state index contributed by atoms with van der Waals surface area (Å²) in [6.45, 7) is 4.12. The van der Waals surface area contributed by atoms with Gasteiger partial charge in [0.2, 0.25) is 9.05 Å². The molecule has 16 heavy (non-hydrogen) atoms. The minimum atomic E-state index is -3.43. The molecule has 0 saturated heterocycles. The summed E-state index contributed by atoms with van der Waals surface area (Å²) in [6, 6.07) is 5.63. The Balaban J connectivity index is 2.82. The maximum absolute atomic E-state index is 10.8. The molecular weight excluding hydrogens is 267 g/mol. The molecule has 0 spiro atoms. The molecule has 0 bridgehead atoms. The van der Waals surface area contributed by atoms with E-state index in [1.807, 2.05) is 12.1 Å². The first kappa shape index (κ1) is 13.8. The van der Waals surface area contributed by atoms with Gasteiger partial charge in [-0.15, -0.1) is 0 Å². The molecule has 1 rings (SSSR count). The molecule has 0 aliphatic heterocycles. The molecule has 0 N–H and O–H groups in total. The number of rotatable bonds is 4. The number of hydrogen-bond acceptors (Lipinski definition) is 2. The third-order valence-corrected chi connectivity index (χ3v) is 3.80. The molecule has 0 saturated carbocycles. The van der Waals surface area contributed by atoms with Crippen LogP contribution in [0.2, 0.25) is 5.02 Å². The van der Waals surface area contributed by atoms with E-state index in [2.05, 4.69) is 13.8 Å². The minimum absolute atomic E-state index is 0.0636. The summed E-state index contributed by atoms with van der Waals surface area (Å²) < 4.78 is 21.6. The van der Waals surface area contributed by atoms with E-state index in [9.17, 15) is 8.42 Å². The lowest BCUT2D eigenvalue weighted by Gasteiger charge is -2.09. The normalized spacial score (nSPS) is 12.1. The van der Waals surface area contributed by atoms with Gasteiger partial charge in [-0.2, -0.15) is 0 Å². The summed E-state index contributed by atoms with van der Waals surface area (Å²) in [5.74, 6) is 0.296. The molecule has 0 heterocycles. The van der Waals surface area contributed by atoms with Crippen molar-refractivity contribution in [2.45, 2.75) is 26.2 Å². The fourth-order valence-electron chi connectivity index (χ4n) is 1.43. The minimum Gasteiger partial charge on any atom is -0.212 e. The van der Waals surface area contributed by atoms with Gasteiger partial charge in [-0.25, -0.2) is 8.42 Å². The molecule has 0 radical (unpaired) electrons. The van der Waals surface area contributed by atoms with Gasteiger partial charge in [-0.05, 0) is 29.5 Å². The van der Waals surface area contributed by atoms with Crippen LogP contribution in [0, 0.1) is 0 Å². The van der Waals surface area contributed by atoms with Crippen LogP contribution in [0.3, 0.4) is 0 Å². The van der Waals surface area contributed by atoms with Crippen molar-refractivity contribution in [3.8, 4) is 0 Å². The molecule has 0 amide bonds. The van der Waals surface area contributed by atoms with Gasteiger partial charge in [0.15, 0.2) is 0 Å². The van der Waals surface area contributed by atoms with Crippen molar-refractivity contribution in [3.05, 3.63) is 34.3 Å². The number of aryl methyl sites for hydroxylation is 1. The number of halogens is 2. The zero-order chi connectivity index (χ0) is 12.3. The van der Waals surface area contributed by atoms with Crippen molar-refractivity contribution in [2.75, 3.05) is 5.75 Å². The molecule has 1 aromatic carbocycles. The van der Waals surface area contributed by atoms with Gasteiger partial charge >= 0.3 is 0 Å². The van der Waals surface area contributed by atoms with Crippen molar-refractivity contribution < 1.29 is 8.42 Å². The van der Waals surface area contributed by atoms with Gasteiger partial charge in [-0.3, -0.25) is 0 Å². The molecule has 0 aliphatic carbocycles. The monoisotopic (exact) mass is 280 g/mol. The summed E-state index contributed by atoms with van der Waals surface area (Å²) in [6.07, 6.45) is 0.393. The summed E-state index contributed by atoms with van der Waals surface area (Å²) >= 11 is 6.09. The highest BCUT2D eigenvalue weighted by Crippen LogP contribution is 2.25. The highest BCUT2D eigenvalue weighted by Gasteiger charge is 2.09. The van der Waals surface area contributed by atoms with E-state index < -0.39 is 9.05 Å². The quantitative estimate of drug-likeness (QED) is 0.790. The van der Waals surface area contributed by atoms with E-state index in [0.29, 0.717) is 17.4 Å². The van der Waals surface area contributed by atoms with Crippen LogP contribution in [0.25, 0.3) is 0 Å². The first-order chi connectivity index (χ1) is 7.29. The summed E-state index contributed by atoms with van der Waals surface area (Å²) in [5, 5.41) is 0.680. The van der Waals surface area contributed by atoms with E-state index in [0.717, 1.165) is 11.1 Å². The average Bonchev–Trinajstić information content (AvgIpc) is 2.13. The molecule has 0 aliphatic rings. The predicted molar refractivity (Wildman–Crippen MR) is 68.9 cm³/mol. The highest BCUT2D eigenvalue weighted by molar-refractivity contribution is 8.13. The maximum atomic E-state index is 10.8. The molecule has 0 atom stereocenters. The zero-order valence-electron chi connectivity index (χ0n) is 9.20. The third-order valence-electron chi connectivity index (χ3n) is 2.32. The smallest absolute Gasteiger partial charge is 0.212 e. The largest absolute Gasteiger partial charge is 0.232 e. The molecular formula is C11H14Cl2O2S. The van der Waals surface area contributed by atoms with Crippen LogP contribution in [0.15, 0.2) is 18.2 Å². The van der Waals surface area contributed by atoms with E-state index in [-0.39, 0.29) is 5.75 Å². The van der Waals surface area contributed by atoms with E-state index >= 15 is 0 Å². The Morgan fingerprint density at radius 1 is 1.31 bits per heavy atom. The Labute approximate surface area is 106 Å². The molecule has 90 valence electrons. The first-order valence-electron chi connectivity index (χ1n) is 5.00. The van der Waals surface area contributed by atoms with Crippen molar-refractivity contribution in [1.82, 2.24) is 0 Å². The topological polar surface area (TPSA) is 34.1 Å². The molecule has 0 fully saturated rings. The Bertz CT molecular complexity index is 467. The first-order valence-corrected chi connectivity index (χ1v) is 7.86. The Kier molecular flexibility index (Phi) is 4.65. The van der Waals surface area contributed by atoms with Gasteiger partial charge in [0.05, 0.1) is 5.75 Å². The lowest BCUT2D eigenvalue weighted by molar-refractivity contribution is 0.609. The fourth-order valence-corrected chi connectivity index (χ4v) is 2.57. The second-order valence-electron chi connectivity index (χ2n) is 4.00. The van der Waals surface area contributed by atoms with Crippen LogP contribution in [0.1, 0.15) is 30.9 Å². The highest BCUT2D eigenvalue weighted by atomic mass is 35.7. The van der Waals surface area contributed by atoms with Crippen molar-refractivity contribution in [3.63, 3.8) is 0 Å². The van der Waals surface area contributed by atoms with Crippen molar-refractivity contribution in [1.29, 1.82) is 0 Å². The van der Waals surface area contributed by atoms with Gasteiger partial charge in [0.1, 0.15) is 0 Å². The van der Waals surface area contributed by atoms with Gasteiger partial charge in [0, 0.05) is 15.7 Å². The summed E-state index contributed by atoms with van der Waals surface area (Å²) in [7, 11) is 1.71. The zero-order valence-corrected chi connectivity index (χ0v) is 11.5. The van der Waals surface area contributed by atoms with Crippen molar-refractivity contribution >= 4 is 31.3 Å². The second-order valence-corrected chi connectivity index (χ2v) is 7.31. The van der Waals surface area contributed by atoms with Gasteiger partial charge in [-0.1, -0.05) is 37.6 Å². The second kappa shape index (κ2) is 5.39. The Morgan fingerprint density at radius 3 is 2.38 bits per heavy atom. The summed E-state index contributed by atoms with van der Waals surface area (Å²) in [4.78, 5) is 0. The molecule has 1 aromatic rings. The lowest BCUT2D eigenvalue weighted by atomic mass is 10.0. The molecule has 5 heteroatoms. The molecule has 2 nitrogen and oxygen atoms in total. The lowest BCUT2D eigenvalue weighted by Crippen LogP contribution is -2.01. The third kappa shape index (κ3) is 4.32. The fraction of sp³-hybridized carbons (Fsp3) is 0.455. The van der Waals surface area contributed by atoms with E-state index in [1.54, 1.807) is 6.07 Å². The van der Waals surface area contributed by atoms with Crippen molar-refractivity contribution in [2.24, 2.45) is 0 Å². The standard InChI is InChI=1S/C11H14Cl2O2S/c1-8(2)10-4-3-9(7-11(10)12)5-6-16(13,14)15/h3-4,7-8H,5-6H2,1-2H3. The van der Waals surface area contributed by atoms with Crippen LogP contribution in [0.5, 0.6) is 0 Å². The van der Waals surface area contributed by atoms with Crippen LogP contribution >= 0.6 is 22.3 Å². The molecule has 0 aromatic heterocycles. The Morgan fingerprint density at radius 2 is 1.94 bits per heavy atom. The van der Waals surface area contributed by atoms with Crippen LogP contribution in [-0.4, -0.2) is 14.2 Å². The molecule has 0 unspecified atom stereocenters. The van der Waals surface area contributed by atoms with Gasteiger partial charge < -0.3 is 0 Å². The maximum Gasteiger partial charge on any atom is 0.232 e. The van der Waals surface area contributed by atoms with Crippen LogP contribution < -0.4 is 0 Å². The Hall–Kier alpha value is -0.250.